The first-order chi connectivity index (χ1) is 8.96. The van der Waals surface area contributed by atoms with Gasteiger partial charge in [-0.3, -0.25) is 15.2 Å². The van der Waals surface area contributed by atoms with Crippen LogP contribution in [0.4, 0.5) is 5.69 Å². The van der Waals surface area contributed by atoms with Crippen LogP contribution in [-0.2, 0) is 9.53 Å². The fourth-order valence-electron chi connectivity index (χ4n) is 2.16. The Kier molecular flexibility index (Phi) is 3.80. The average molecular weight is 262 g/mol. The smallest absolute Gasteiger partial charge is 0.248 e. The molecule has 0 bridgehead atoms. The average Bonchev–Trinajstić information content (AvgIpc) is 2.59. The molecule has 4 heteroatoms. The summed E-state index contributed by atoms with van der Waals surface area (Å²) in [6, 6.07) is 8.06. The SMILES string of the molecule is CCCO[C@@H]1N(c2ccc(C)cc2)NC(=O)C1(C)C. The summed E-state index contributed by atoms with van der Waals surface area (Å²) in [6.45, 7) is 8.58. The van der Waals surface area contributed by atoms with Gasteiger partial charge >= 0.3 is 0 Å². The number of hydrogen-bond acceptors (Lipinski definition) is 3. The zero-order valence-electron chi connectivity index (χ0n) is 12.1. The lowest BCUT2D eigenvalue weighted by atomic mass is 9.91. The van der Waals surface area contributed by atoms with Crippen molar-refractivity contribution in [3.63, 3.8) is 0 Å². The standard InChI is InChI=1S/C15H22N2O2/c1-5-10-19-14-15(3,4)13(18)16-17(14)12-8-6-11(2)7-9-12/h6-9,14H,5,10H2,1-4H3,(H,16,18)/t14-/m0/s1. The molecule has 1 saturated heterocycles. The van der Waals surface area contributed by atoms with Crippen LogP contribution in [-0.4, -0.2) is 18.7 Å². The summed E-state index contributed by atoms with van der Waals surface area (Å²) in [5.41, 5.74) is 4.50. The lowest BCUT2D eigenvalue weighted by Crippen LogP contribution is -2.42. The minimum atomic E-state index is -0.555. The van der Waals surface area contributed by atoms with E-state index in [0.29, 0.717) is 6.61 Å². The van der Waals surface area contributed by atoms with E-state index >= 15 is 0 Å². The molecule has 1 aromatic rings. The Morgan fingerprint density at radius 2 is 1.95 bits per heavy atom. The van der Waals surface area contributed by atoms with Crippen molar-refractivity contribution in [2.24, 2.45) is 5.41 Å². The summed E-state index contributed by atoms with van der Waals surface area (Å²) < 4.78 is 5.88. The number of carbonyl (C=O) groups is 1. The molecule has 1 amide bonds. The van der Waals surface area contributed by atoms with Crippen LogP contribution >= 0.6 is 0 Å². The Balaban J connectivity index is 2.27. The molecule has 1 N–H and O–H groups in total. The Labute approximate surface area is 114 Å². The van der Waals surface area contributed by atoms with E-state index in [1.54, 1.807) is 0 Å². The molecular weight excluding hydrogens is 240 g/mol. The number of aryl methyl sites for hydroxylation is 1. The minimum Gasteiger partial charge on any atom is -0.355 e. The van der Waals surface area contributed by atoms with Gasteiger partial charge in [0.25, 0.3) is 0 Å². The van der Waals surface area contributed by atoms with Gasteiger partial charge in [0.05, 0.1) is 11.1 Å². The number of amides is 1. The number of ether oxygens (including phenoxy) is 1. The number of hydrazine groups is 1. The highest BCUT2D eigenvalue weighted by Crippen LogP contribution is 2.34. The number of hydrogen-bond donors (Lipinski definition) is 1. The first-order valence-corrected chi connectivity index (χ1v) is 6.75. The second-order valence-corrected chi connectivity index (χ2v) is 5.59. The van der Waals surface area contributed by atoms with Crippen molar-refractivity contribution in [1.29, 1.82) is 0 Å². The van der Waals surface area contributed by atoms with Crippen LogP contribution in [0.3, 0.4) is 0 Å². The Morgan fingerprint density at radius 3 is 2.53 bits per heavy atom. The van der Waals surface area contributed by atoms with Crippen molar-refractivity contribution in [2.45, 2.75) is 40.3 Å². The number of nitrogens with zero attached hydrogens (tertiary/aromatic N) is 1. The Morgan fingerprint density at radius 1 is 1.32 bits per heavy atom. The third-order valence-corrected chi connectivity index (χ3v) is 3.45. The van der Waals surface area contributed by atoms with Gasteiger partial charge in [0, 0.05) is 6.61 Å². The highest BCUT2D eigenvalue weighted by molar-refractivity contribution is 5.87. The molecule has 1 heterocycles. The third-order valence-electron chi connectivity index (χ3n) is 3.45. The van der Waals surface area contributed by atoms with Crippen LogP contribution in [0, 0.1) is 12.3 Å². The molecule has 1 aliphatic rings. The third kappa shape index (κ3) is 2.59. The van der Waals surface area contributed by atoms with Crippen LogP contribution < -0.4 is 10.4 Å². The molecule has 0 aliphatic carbocycles. The Hall–Kier alpha value is -1.55. The predicted octanol–water partition coefficient (Wildman–Crippen LogP) is 2.63. The number of benzene rings is 1. The molecule has 1 aliphatic heterocycles. The number of rotatable bonds is 4. The molecule has 1 aromatic carbocycles. The fourth-order valence-corrected chi connectivity index (χ4v) is 2.16. The summed E-state index contributed by atoms with van der Waals surface area (Å²) in [7, 11) is 0. The van der Waals surface area contributed by atoms with Gasteiger partial charge in [0.15, 0.2) is 6.23 Å². The lowest BCUT2D eigenvalue weighted by molar-refractivity contribution is -0.129. The number of nitrogens with one attached hydrogen (secondary N) is 1. The zero-order valence-corrected chi connectivity index (χ0v) is 12.1. The number of carbonyl (C=O) groups excluding carboxylic acids is 1. The van der Waals surface area contributed by atoms with E-state index in [1.807, 2.05) is 50.0 Å². The largest absolute Gasteiger partial charge is 0.355 e. The van der Waals surface area contributed by atoms with Crippen LogP contribution in [0.15, 0.2) is 24.3 Å². The van der Waals surface area contributed by atoms with E-state index < -0.39 is 5.41 Å². The molecule has 0 unspecified atom stereocenters. The molecule has 0 saturated carbocycles. The van der Waals surface area contributed by atoms with Crippen molar-refractivity contribution in [1.82, 2.24) is 5.43 Å². The lowest BCUT2D eigenvalue weighted by Gasteiger charge is -2.30. The van der Waals surface area contributed by atoms with E-state index in [2.05, 4.69) is 12.3 Å². The molecule has 2 rings (SSSR count). The highest BCUT2D eigenvalue weighted by Gasteiger charge is 2.48. The molecule has 0 aromatic heterocycles. The van der Waals surface area contributed by atoms with Crippen LogP contribution in [0.25, 0.3) is 0 Å². The fraction of sp³-hybridized carbons (Fsp3) is 0.533. The van der Waals surface area contributed by atoms with Gasteiger partial charge in [-0.25, -0.2) is 0 Å². The highest BCUT2D eigenvalue weighted by atomic mass is 16.5. The monoisotopic (exact) mass is 262 g/mol. The molecule has 104 valence electrons. The first-order valence-electron chi connectivity index (χ1n) is 6.75. The topological polar surface area (TPSA) is 41.6 Å². The minimum absolute atomic E-state index is 0.00539. The molecule has 0 spiro atoms. The van der Waals surface area contributed by atoms with Gasteiger partial charge in [-0.1, -0.05) is 24.6 Å². The predicted molar refractivity (Wildman–Crippen MR) is 75.6 cm³/mol. The maximum atomic E-state index is 12.1. The normalized spacial score (nSPS) is 21.6. The molecule has 19 heavy (non-hydrogen) atoms. The van der Waals surface area contributed by atoms with E-state index in [9.17, 15) is 4.79 Å². The van der Waals surface area contributed by atoms with Gasteiger partial charge < -0.3 is 4.74 Å². The summed E-state index contributed by atoms with van der Waals surface area (Å²) in [6.07, 6.45) is 0.658. The quantitative estimate of drug-likeness (QED) is 0.907. The summed E-state index contributed by atoms with van der Waals surface area (Å²) in [4.78, 5) is 12.1. The van der Waals surface area contributed by atoms with Crippen LogP contribution in [0.5, 0.6) is 0 Å². The summed E-state index contributed by atoms with van der Waals surface area (Å²) in [5.74, 6) is -0.00539. The van der Waals surface area contributed by atoms with Crippen molar-refractivity contribution >= 4 is 11.6 Å². The van der Waals surface area contributed by atoms with E-state index in [0.717, 1.165) is 12.1 Å². The number of anilines is 1. The van der Waals surface area contributed by atoms with E-state index in [4.69, 9.17) is 4.74 Å². The van der Waals surface area contributed by atoms with Crippen molar-refractivity contribution in [2.75, 3.05) is 11.6 Å². The van der Waals surface area contributed by atoms with Crippen LogP contribution in [0.1, 0.15) is 32.8 Å². The van der Waals surface area contributed by atoms with Crippen molar-refractivity contribution < 1.29 is 9.53 Å². The van der Waals surface area contributed by atoms with Crippen molar-refractivity contribution in [3.05, 3.63) is 29.8 Å². The van der Waals surface area contributed by atoms with Crippen molar-refractivity contribution in [3.8, 4) is 0 Å². The van der Waals surface area contributed by atoms with Crippen LogP contribution in [0.2, 0.25) is 0 Å². The Bertz CT molecular complexity index is 454. The first kappa shape index (κ1) is 13.9. The van der Waals surface area contributed by atoms with Gasteiger partial charge in [0.1, 0.15) is 0 Å². The molecular formula is C15H22N2O2. The van der Waals surface area contributed by atoms with E-state index in [-0.39, 0.29) is 12.1 Å². The molecule has 1 atom stereocenters. The van der Waals surface area contributed by atoms with Gasteiger partial charge in [-0.2, -0.15) is 0 Å². The second kappa shape index (κ2) is 5.21. The molecule has 1 fully saturated rings. The summed E-state index contributed by atoms with van der Waals surface area (Å²) >= 11 is 0. The maximum absolute atomic E-state index is 12.1. The summed E-state index contributed by atoms with van der Waals surface area (Å²) in [5, 5.41) is 1.83. The van der Waals surface area contributed by atoms with E-state index in [1.165, 1.54) is 5.56 Å². The van der Waals surface area contributed by atoms with Gasteiger partial charge in [-0.15, -0.1) is 0 Å². The second-order valence-electron chi connectivity index (χ2n) is 5.59. The van der Waals surface area contributed by atoms with Gasteiger partial charge in [-0.05, 0) is 39.3 Å². The molecule has 4 nitrogen and oxygen atoms in total. The zero-order chi connectivity index (χ0) is 14.0. The maximum Gasteiger partial charge on any atom is 0.248 e. The van der Waals surface area contributed by atoms with Gasteiger partial charge in [0.2, 0.25) is 5.91 Å². The molecule has 0 radical (unpaired) electrons.